The number of nitrogens with zero attached hydrogens (tertiary/aromatic N) is 5. The Kier molecular flexibility index (Phi) is 7.22. The molecule has 1 N–H and O–H groups in total. The summed E-state index contributed by atoms with van der Waals surface area (Å²) in [6.07, 6.45) is 2.75. The topological polar surface area (TPSA) is 90.9 Å². The molecule has 0 bridgehead atoms. The van der Waals surface area contributed by atoms with E-state index < -0.39 is 5.60 Å². The Morgan fingerprint density at radius 2 is 1.97 bits per heavy atom. The Hall–Kier alpha value is -3.20. The molecule has 0 aliphatic carbocycles. The molecule has 1 aliphatic heterocycles. The van der Waals surface area contributed by atoms with E-state index >= 15 is 0 Å². The first-order valence-corrected chi connectivity index (χ1v) is 11.1. The van der Waals surface area contributed by atoms with Gasteiger partial charge in [-0.15, -0.1) is 0 Å². The van der Waals surface area contributed by atoms with Gasteiger partial charge in [0.15, 0.2) is 12.1 Å². The van der Waals surface area contributed by atoms with Gasteiger partial charge in [-0.25, -0.2) is 14.8 Å². The van der Waals surface area contributed by atoms with Crippen molar-refractivity contribution in [3.8, 4) is 0 Å². The minimum absolute atomic E-state index is 0.231. The third-order valence-electron chi connectivity index (χ3n) is 5.58. The second-order valence-electron chi connectivity index (χ2n) is 9.54. The molecular formula is C24H34N6O3. The van der Waals surface area contributed by atoms with E-state index in [-0.39, 0.29) is 12.1 Å². The number of amides is 1. The summed E-state index contributed by atoms with van der Waals surface area (Å²) < 4.78 is 5.53. The highest BCUT2D eigenvalue weighted by Crippen LogP contribution is 2.26. The molecule has 0 fully saturated rings. The van der Waals surface area contributed by atoms with Crippen LogP contribution in [0.25, 0.3) is 0 Å². The molecule has 2 heterocycles. The SMILES string of the molecule is CC(C)N(C)N(C)c1nc(Nc2ccc3c(c2)CN(C(=O)OC(C)(C)C)CC3)ncc1C=O. The number of anilines is 3. The molecule has 1 aromatic heterocycles. The summed E-state index contributed by atoms with van der Waals surface area (Å²) in [5.74, 6) is 0.909. The van der Waals surface area contributed by atoms with Gasteiger partial charge in [-0.2, -0.15) is 4.98 Å². The number of carbonyl (C=O) groups excluding carboxylic acids is 2. The van der Waals surface area contributed by atoms with Crippen LogP contribution in [0, 0.1) is 0 Å². The lowest BCUT2D eigenvalue weighted by Gasteiger charge is -2.33. The smallest absolute Gasteiger partial charge is 0.410 e. The van der Waals surface area contributed by atoms with Crippen LogP contribution in [-0.4, -0.2) is 64.5 Å². The van der Waals surface area contributed by atoms with Crippen LogP contribution in [0.2, 0.25) is 0 Å². The van der Waals surface area contributed by atoms with Crippen LogP contribution >= 0.6 is 0 Å². The summed E-state index contributed by atoms with van der Waals surface area (Å²) in [4.78, 5) is 34.6. The summed E-state index contributed by atoms with van der Waals surface area (Å²) in [5, 5.41) is 7.06. The van der Waals surface area contributed by atoms with Gasteiger partial charge >= 0.3 is 6.09 Å². The third kappa shape index (κ3) is 5.98. The average molecular weight is 455 g/mol. The van der Waals surface area contributed by atoms with E-state index in [9.17, 15) is 9.59 Å². The van der Waals surface area contributed by atoms with Crippen molar-refractivity contribution >= 4 is 29.8 Å². The summed E-state index contributed by atoms with van der Waals surface area (Å²) in [6.45, 7) is 10.8. The van der Waals surface area contributed by atoms with E-state index in [0.29, 0.717) is 30.4 Å². The van der Waals surface area contributed by atoms with Gasteiger partial charge in [0.05, 0.1) is 5.56 Å². The molecular weight excluding hydrogens is 420 g/mol. The first kappa shape index (κ1) is 24.4. The van der Waals surface area contributed by atoms with Crippen molar-refractivity contribution in [1.29, 1.82) is 0 Å². The second kappa shape index (κ2) is 9.74. The molecule has 0 saturated carbocycles. The monoisotopic (exact) mass is 454 g/mol. The molecule has 1 amide bonds. The molecule has 3 rings (SSSR count). The summed E-state index contributed by atoms with van der Waals surface area (Å²) in [6, 6.07) is 6.27. The maximum absolute atomic E-state index is 12.5. The lowest BCUT2D eigenvalue weighted by atomic mass is 9.99. The zero-order chi connectivity index (χ0) is 24.3. The Balaban J connectivity index is 1.80. The van der Waals surface area contributed by atoms with E-state index in [2.05, 4.69) is 35.2 Å². The predicted molar refractivity (Wildman–Crippen MR) is 129 cm³/mol. The number of rotatable bonds is 6. The Morgan fingerprint density at radius 3 is 2.61 bits per heavy atom. The highest BCUT2D eigenvalue weighted by Gasteiger charge is 2.26. The fourth-order valence-corrected chi connectivity index (χ4v) is 3.53. The van der Waals surface area contributed by atoms with Gasteiger partial charge in [0.2, 0.25) is 5.95 Å². The van der Waals surface area contributed by atoms with Gasteiger partial charge in [0.25, 0.3) is 0 Å². The van der Waals surface area contributed by atoms with E-state index in [1.807, 2.05) is 57.0 Å². The van der Waals surface area contributed by atoms with Gasteiger partial charge in [0.1, 0.15) is 5.60 Å². The van der Waals surface area contributed by atoms with E-state index in [1.54, 1.807) is 4.90 Å². The largest absolute Gasteiger partial charge is 0.444 e. The third-order valence-corrected chi connectivity index (χ3v) is 5.58. The molecule has 0 spiro atoms. The second-order valence-corrected chi connectivity index (χ2v) is 9.54. The standard InChI is InChI=1S/C24H34N6O3/c1-16(2)28(6)29(7)21-19(15-31)13-25-22(27-21)26-20-9-8-17-10-11-30(14-18(17)12-20)23(32)33-24(3,4)5/h8-9,12-13,15-16H,10-11,14H2,1-7H3,(H,25,26,27). The fourth-order valence-electron chi connectivity index (χ4n) is 3.53. The Bertz CT molecular complexity index is 1020. The summed E-state index contributed by atoms with van der Waals surface area (Å²) in [5.41, 5.74) is 2.95. The van der Waals surface area contributed by atoms with Gasteiger partial charge in [-0.05, 0) is 64.3 Å². The quantitative estimate of drug-likeness (QED) is 0.517. The van der Waals surface area contributed by atoms with E-state index in [1.165, 1.54) is 11.8 Å². The van der Waals surface area contributed by atoms with Crippen molar-refractivity contribution in [3.63, 3.8) is 0 Å². The van der Waals surface area contributed by atoms with Crippen molar-refractivity contribution < 1.29 is 14.3 Å². The van der Waals surface area contributed by atoms with Crippen LogP contribution in [0.3, 0.4) is 0 Å². The molecule has 0 unspecified atom stereocenters. The fraction of sp³-hybridized carbons (Fsp3) is 0.500. The van der Waals surface area contributed by atoms with Gasteiger partial charge < -0.3 is 15.0 Å². The molecule has 1 aromatic carbocycles. The predicted octanol–water partition coefficient (Wildman–Crippen LogP) is 4.02. The van der Waals surface area contributed by atoms with Crippen LogP contribution in [0.4, 0.5) is 22.2 Å². The van der Waals surface area contributed by atoms with Crippen molar-refractivity contribution in [2.24, 2.45) is 0 Å². The number of carbonyl (C=O) groups is 2. The lowest BCUT2D eigenvalue weighted by Crippen LogP contribution is -2.42. The molecule has 9 heteroatoms. The Morgan fingerprint density at radius 1 is 1.24 bits per heavy atom. The number of aromatic nitrogens is 2. The molecule has 9 nitrogen and oxygen atoms in total. The molecule has 0 radical (unpaired) electrons. The van der Waals surface area contributed by atoms with E-state index in [0.717, 1.165) is 24.0 Å². The van der Waals surface area contributed by atoms with Crippen LogP contribution in [0.1, 0.15) is 56.1 Å². The summed E-state index contributed by atoms with van der Waals surface area (Å²) >= 11 is 0. The molecule has 0 atom stereocenters. The molecule has 1 aliphatic rings. The molecule has 0 saturated heterocycles. The van der Waals surface area contributed by atoms with Crippen LogP contribution in [0.5, 0.6) is 0 Å². The van der Waals surface area contributed by atoms with Gasteiger partial charge in [-0.1, -0.05) is 6.07 Å². The van der Waals surface area contributed by atoms with E-state index in [4.69, 9.17) is 4.74 Å². The van der Waals surface area contributed by atoms with Crippen molar-refractivity contribution in [3.05, 3.63) is 41.1 Å². The summed E-state index contributed by atoms with van der Waals surface area (Å²) in [7, 11) is 3.80. The number of hydrogen-bond acceptors (Lipinski definition) is 8. The van der Waals surface area contributed by atoms with Crippen molar-refractivity contribution in [2.75, 3.05) is 31.0 Å². The maximum Gasteiger partial charge on any atom is 0.410 e. The number of nitrogens with one attached hydrogen (secondary N) is 1. The average Bonchev–Trinajstić information content (AvgIpc) is 2.76. The first-order valence-electron chi connectivity index (χ1n) is 11.1. The number of benzene rings is 1. The first-order chi connectivity index (χ1) is 15.5. The van der Waals surface area contributed by atoms with Crippen molar-refractivity contribution in [1.82, 2.24) is 19.9 Å². The number of ether oxygens (including phenoxy) is 1. The van der Waals surface area contributed by atoms with Crippen LogP contribution in [0.15, 0.2) is 24.4 Å². The van der Waals surface area contributed by atoms with Gasteiger partial charge in [-0.3, -0.25) is 9.80 Å². The van der Waals surface area contributed by atoms with Gasteiger partial charge in [0, 0.05) is 45.1 Å². The number of hydrogen-bond donors (Lipinski definition) is 1. The minimum Gasteiger partial charge on any atom is -0.444 e. The highest BCUT2D eigenvalue weighted by molar-refractivity contribution is 5.82. The Labute approximate surface area is 195 Å². The number of hydrazine groups is 1. The molecule has 2 aromatic rings. The lowest BCUT2D eigenvalue weighted by molar-refractivity contribution is 0.0224. The number of fused-ring (bicyclic) bond motifs is 1. The number of aldehydes is 1. The normalized spacial score (nSPS) is 13.7. The zero-order valence-electron chi connectivity index (χ0n) is 20.5. The maximum atomic E-state index is 12.5. The molecule has 33 heavy (non-hydrogen) atoms. The van der Waals surface area contributed by atoms with Crippen LogP contribution < -0.4 is 10.3 Å². The van der Waals surface area contributed by atoms with Crippen molar-refractivity contribution in [2.45, 2.75) is 59.2 Å². The zero-order valence-corrected chi connectivity index (χ0v) is 20.5. The minimum atomic E-state index is -0.527. The molecule has 178 valence electrons. The van der Waals surface area contributed by atoms with Crippen LogP contribution in [-0.2, 0) is 17.7 Å². The highest BCUT2D eigenvalue weighted by atomic mass is 16.6.